The summed E-state index contributed by atoms with van der Waals surface area (Å²) in [7, 11) is 0. The second-order valence-electron chi connectivity index (χ2n) is 5.20. The topological polar surface area (TPSA) is 59.8 Å². The third-order valence-electron chi connectivity index (χ3n) is 3.20. The fourth-order valence-corrected chi connectivity index (χ4v) is 2.71. The smallest absolute Gasteiger partial charge is 0.269 e. The van der Waals surface area contributed by atoms with E-state index in [1.165, 1.54) is 0 Å². The summed E-state index contributed by atoms with van der Waals surface area (Å²) >= 11 is 1.63. The number of hydrogen-bond donors (Lipinski definition) is 1. The predicted octanol–water partition coefficient (Wildman–Crippen LogP) is 2.94. The number of carbonyl (C=O) groups is 1. The first-order valence-electron chi connectivity index (χ1n) is 7.51. The maximum Gasteiger partial charge on any atom is 0.269 e. The Labute approximate surface area is 135 Å². The Balaban J connectivity index is 1.87. The molecule has 2 heterocycles. The van der Waals surface area contributed by atoms with Crippen molar-refractivity contribution in [1.29, 1.82) is 0 Å². The molecule has 0 fully saturated rings. The van der Waals surface area contributed by atoms with Crippen LogP contribution < -0.4 is 5.32 Å². The van der Waals surface area contributed by atoms with Crippen molar-refractivity contribution < 1.29 is 4.79 Å². The normalized spacial score (nSPS) is 10.9. The second kappa shape index (κ2) is 7.98. The van der Waals surface area contributed by atoms with Crippen LogP contribution >= 0.6 is 11.8 Å². The SMILES string of the molecule is CCn1nc(C(C)C)cc1C(=O)NCCSc1ccccn1. The van der Waals surface area contributed by atoms with E-state index < -0.39 is 0 Å². The van der Waals surface area contributed by atoms with E-state index in [1.807, 2.05) is 31.2 Å². The first-order chi connectivity index (χ1) is 10.6. The van der Waals surface area contributed by atoms with Crippen molar-refractivity contribution in [2.45, 2.75) is 38.3 Å². The molecule has 0 bridgehead atoms. The van der Waals surface area contributed by atoms with Crippen LogP contribution in [-0.4, -0.2) is 33.0 Å². The van der Waals surface area contributed by atoms with Gasteiger partial charge < -0.3 is 5.32 Å². The van der Waals surface area contributed by atoms with Crippen LogP contribution in [-0.2, 0) is 6.54 Å². The van der Waals surface area contributed by atoms with Gasteiger partial charge in [0.05, 0.1) is 10.7 Å². The molecule has 1 amide bonds. The molecular formula is C16H22N4OS. The molecular weight excluding hydrogens is 296 g/mol. The standard InChI is InChI=1S/C16H22N4OS/c1-4-20-14(11-13(19-20)12(2)3)16(21)18-9-10-22-15-7-5-6-8-17-15/h5-8,11-12H,4,9-10H2,1-3H3,(H,18,21). The summed E-state index contributed by atoms with van der Waals surface area (Å²) in [4.78, 5) is 16.5. The quantitative estimate of drug-likeness (QED) is 0.630. The van der Waals surface area contributed by atoms with Crippen LogP contribution in [0.15, 0.2) is 35.5 Å². The number of rotatable bonds is 7. The van der Waals surface area contributed by atoms with Gasteiger partial charge in [0.2, 0.25) is 0 Å². The molecule has 118 valence electrons. The van der Waals surface area contributed by atoms with E-state index in [2.05, 4.69) is 29.2 Å². The van der Waals surface area contributed by atoms with Crippen molar-refractivity contribution in [3.8, 4) is 0 Å². The zero-order valence-corrected chi connectivity index (χ0v) is 14.1. The van der Waals surface area contributed by atoms with E-state index in [0.717, 1.165) is 16.5 Å². The van der Waals surface area contributed by atoms with Gasteiger partial charge in [0.15, 0.2) is 0 Å². The molecule has 0 saturated heterocycles. The fourth-order valence-electron chi connectivity index (χ4n) is 1.99. The molecule has 2 aromatic heterocycles. The van der Waals surface area contributed by atoms with Crippen LogP contribution in [0.2, 0.25) is 0 Å². The van der Waals surface area contributed by atoms with E-state index in [-0.39, 0.29) is 5.91 Å². The Hall–Kier alpha value is -1.82. The molecule has 5 nitrogen and oxygen atoms in total. The Bertz CT molecular complexity index is 610. The first kappa shape index (κ1) is 16.5. The number of aryl methyl sites for hydroxylation is 1. The van der Waals surface area contributed by atoms with Gasteiger partial charge in [-0.05, 0) is 31.0 Å². The third-order valence-corrected chi connectivity index (χ3v) is 4.14. The minimum Gasteiger partial charge on any atom is -0.350 e. The van der Waals surface area contributed by atoms with Gasteiger partial charge in [0, 0.05) is 25.0 Å². The molecule has 0 aliphatic rings. The lowest BCUT2D eigenvalue weighted by Crippen LogP contribution is -2.28. The van der Waals surface area contributed by atoms with E-state index in [4.69, 9.17) is 0 Å². The highest BCUT2D eigenvalue weighted by atomic mass is 32.2. The van der Waals surface area contributed by atoms with Gasteiger partial charge in [-0.3, -0.25) is 9.48 Å². The molecule has 6 heteroatoms. The van der Waals surface area contributed by atoms with Crippen LogP contribution in [0.1, 0.15) is 42.9 Å². The van der Waals surface area contributed by atoms with Crippen molar-refractivity contribution in [1.82, 2.24) is 20.1 Å². The highest BCUT2D eigenvalue weighted by molar-refractivity contribution is 7.99. The van der Waals surface area contributed by atoms with Crippen molar-refractivity contribution in [3.63, 3.8) is 0 Å². The highest BCUT2D eigenvalue weighted by Gasteiger charge is 2.15. The van der Waals surface area contributed by atoms with E-state index in [0.29, 0.717) is 24.7 Å². The Kier molecular flexibility index (Phi) is 6.00. The van der Waals surface area contributed by atoms with Gasteiger partial charge in [-0.2, -0.15) is 5.10 Å². The average molecular weight is 318 g/mol. The lowest BCUT2D eigenvalue weighted by molar-refractivity contribution is 0.0945. The van der Waals surface area contributed by atoms with Crippen LogP contribution in [0.4, 0.5) is 0 Å². The van der Waals surface area contributed by atoms with Gasteiger partial charge >= 0.3 is 0 Å². The minimum atomic E-state index is -0.0668. The van der Waals surface area contributed by atoms with Crippen LogP contribution in [0.5, 0.6) is 0 Å². The molecule has 0 radical (unpaired) electrons. The Morgan fingerprint density at radius 1 is 1.41 bits per heavy atom. The molecule has 2 rings (SSSR count). The molecule has 0 spiro atoms. The van der Waals surface area contributed by atoms with Gasteiger partial charge in [0.1, 0.15) is 5.69 Å². The second-order valence-corrected chi connectivity index (χ2v) is 6.31. The van der Waals surface area contributed by atoms with Crippen LogP contribution in [0.25, 0.3) is 0 Å². The minimum absolute atomic E-state index is 0.0668. The lowest BCUT2D eigenvalue weighted by atomic mass is 10.1. The van der Waals surface area contributed by atoms with Crippen LogP contribution in [0.3, 0.4) is 0 Å². The zero-order valence-electron chi connectivity index (χ0n) is 13.2. The zero-order chi connectivity index (χ0) is 15.9. The number of nitrogens with zero attached hydrogens (tertiary/aromatic N) is 3. The number of nitrogens with one attached hydrogen (secondary N) is 1. The molecule has 2 aromatic rings. The number of pyridine rings is 1. The van der Waals surface area contributed by atoms with Gasteiger partial charge in [0.25, 0.3) is 5.91 Å². The number of aromatic nitrogens is 3. The van der Waals surface area contributed by atoms with Gasteiger partial charge in [-0.25, -0.2) is 4.98 Å². The summed E-state index contributed by atoms with van der Waals surface area (Å²) in [6.45, 7) is 7.44. The van der Waals surface area contributed by atoms with Crippen molar-refractivity contribution in [3.05, 3.63) is 41.9 Å². The Morgan fingerprint density at radius 3 is 2.86 bits per heavy atom. The summed E-state index contributed by atoms with van der Waals surface area (Å²) in [6, 6.07) is 7.70. The molecule has 0 aliphatic heterocycles. The molecule has 0 aromatic carbocycles. The Morgan fingerprint density at radius 2 is 2.23 bits per heavy atom. The summed E-state index contributed by atoms with van der Waals surface area (Å²) in [5.74, 6) is 1.04. The molecule has 0 atom stereocenters. The summed E-state index contributed by atoms with van der Waals surface area (Å²) in [5.41, 5.74) is 1.59. The fraction of sp³-hybridized carbons (Fsp3) is 0.438. The van der Waals surface area contributed by atoms with Crippen molar-refractivity contribution >= 4 is 17.7 Å². The van der Waals surface area contributed by atoms with Gasteiger partial charge in [-0.15, -0.1) is 11.8 Å². The van der Waals surface area contributed by atoms with Crippen LogP contribution in [0, 0.1) is 0 Å². The summed E-state index contributed by atoms with van der Waals surface area (Å²) in [5, 5.41) is 8.38. The molecule has 22 heavy (non-hydrogen) atoms. The van der Waals surface area contributed by atoms with Gasteiger partial charge in [-0.1, -0.05) is 19.9 Å². The third kappa shape index (κ3) is 4.34. The highest BCUT2D eigenvalue weighted by Crippen LogP contribution is 2.15. The monoisotopic (exact) mass is 318 g/mol. The summed E-state index contributed by atoms with van der Waals surface area (Å²) in [6.07, 6.45) is 1.77. The first-order valence-corrected chi connectivity index (χ1v) is 8.50. The van der Waals surface area contributed by atoms with Crippen molar-refractivity contribution in [2.75, 3.05) is 12.3 Å². The predicted molar refractivity (Wildman–Crippen MR) is 89.3 cm³/mol. The van der Waals surface area contributed by atoms with E-state index in [9.17, 15) is 4.79 Å². The average Bonchev–Trinajstić information content (AvgIpc) is 2.97. The number of amides is 1. The molecule has 1 N–H and O–H groups in total. The van der Waals surface area contributed by atoms with E-state index in [1.54, 1.807) is 22.6 Å². The maximum atomic E-state index is 12.3. The number of thioether (sulfide) groups is 1. The molecule has 0 unspecified atom stereocenters. The lowest BCUT2D eigenvalue weighted by Gasteiger charge is -2.06. The molecule has 0 saturated carbocycles. The number of hydrogen-bond acceptors (Lipinski definition) is 4. The maximum absolute atomic E-state index is 12.3. The molecule has 0 aliphatic carbocycles. The largest absolute Gasteiger partial charge is 0.350 e. The summed E-state index contributed by atoms with van der Waals surface area (Å²) < 4.78 is 1.76. The van der Waals surface area contributed by atoms with Crippen molar-refractivity contribution in [2.24, 2.45) is 0 Å². The van der Waals surface area contributed by atoms with E-state index >= 15 is 0 Å². The number of carbonyl (C=O) groups excluding carboxylic acids is 1.